The van der Waals surface area contributed by atoms with Gasteiger partial charge in [0, 0.05) is 29.2 Å². The van der Waals surface area contributed by atoms with Crippen molar-refractivity contribution in [3.63, 3.8) is 0 Å². The van der Waals surface area contributed by atoms with Crippen LogP contribution in [0.2, 0.25) is 5.02 Å². The molecule has 3 aromatic carbocycles. The fourth-order valence-electron chi connectivity index (χ4n) is 6.43. The van der Waals surface area contributed by atoms with Gasteiger partial charge in [0.1, 0.15) is 23.8 Å². The van der Waals surface area contributed by atoms with Gasteiger partial charge in [0.05, 0.1) is 48.4 Å². The molecule has 0 saturated carbocycles. The standard InChI is InChI=1S/C33H35ClFN3O4.C4H11NO3/c1-2-24(39)18-38-29-10-6-22(33(40)41)16-28(29)36-31(38)19-37-14-12-20(13-15-37)25-5-3-4-21-7-11-30(42-32(21)25)26-9-8-23(34)17-27(26)35;5-4(1-6,2-7)3-8/h3-11,16-17,20,24,30-31,36,39H,2,12-15,18-19H2,1H3,(H,40,41);6-8H,1-3,5H2/t24-,30+,31?;/m0./s1. The van der Waals surface area contributed by atoms with E-state index < -0.39 is 43.5 Å². The maximum absolute atomic E-state index is 14.7. The molecule has 3 aliphatic rings. The third kappa shape index (κ3) is 8.57. The number of ether oxygens (including phenoxy) is 1. The van der Waals surface area contributed by atoms with E-state index in [2.05, 4.69) is 27.2 Å². The summed E-state index contributed by atoms with van der Waals surface area (Å²) < 4.78 is 21.1. The van der Waals surface area contributed by atoms with Gasteiger partial charge in [0.15, 0.2) is 0 Å². The number of hydrogen-bond acceptors (Lipinski definition) is 10. The van der Waals surface area contributed by atoms with Crippen molar-refractivity contribution in [3.8, 4) is 5.75 Å². The number of likely N-dealkylation sites (tertiary alicyclic amines) is 1. The van der Waals surface area contributed by atoms with Gasteiger partial charge in [-0.05, 0) is 80.2 Å². The molecule has 0 spiro atoms. The quantitative estimate of drug-likeness (QED) is 0.152. The number of nitrogens with two attached hydrogens (primary N) is 1. The van der Waals surface area contributed by atoms with Crippen molar-refractivity contribution in [2.45, 2.75) is 56.0 Å². The maximum Gasteiger partial charge on any atom is 0.335 e. The van der Waals surface area contributed by atoms with Crippen LogP contribution in [0.5, 0.6) is 5.75 Å². The van der Waals surface area contributed by atoms with Crippen LogP contribution in [0.15, 0.2) is 60.7 Å². The SMILES string of the molecule is CC[C@H](O)CN1c2ccc(C(=O)O)cc2NC1CN1CCC(c2cccc3c2O[C@@H](c2ccc(Cl)cc2F)C=C3)CC1.NC(CO)(CO)CO. The van der Waals surface area contributed by atoms with Gasteiger partial charge < -0.3 is 46.2 Å². The summed E-state index contributed by atoms with van der Waals surface area (Å²) in [6, 6.07) is 16.0. The fourth-order valence-corrected chi connectivity index (χ4v) is 6.59. The Balaban J connectivity index is 0.000000544. The number of aromatic carboxylic acids is 1. The van der Waals surface area contributed by atoms with E-state index in [-0.39, 0.29) is 17.5 Å². The van der Waals surface area contributed by atoms with Gasteiger partial charge in [0.25, 0.3) is 0 Å². The summed E-state index contributed by atoms with van der Waals surface area (Å²) in [4.78, 5) is 16.1. The molecule has 50 heavy (non-hydrogen) atoms. The number of benzene rings is 3. The number of nitrogens with zero attached hydrogens (tertiary/aromatic N) is 2. The number of carbonyl (C=O) groups is 1. The summed E-state index contributed by atoms with van der Waals surface area (Å²) in [6.07, 6.45) is 5.36. The van der Waals surface area contributed by atoms with Crippen LogP contribution in [0.3, 0.4) is 0 Å². The smallest absolute Gasteiger partial charge is 0.335 e. The minimum absolute atomic E-state index is 0.0743. The molecule has 270 valence electrons. The molecule has 0 aliphatic carbocycles. The van der Waals surface area contributed by atoms with E-state index in [4.69, 9.17) is 37.4 Å². The Labute approximate surface area is 296 Å². The first-order chi connectivity index (χ1) is 24.0. The van der Waals surface area contributed by atoms with Crippen molar-refractivity contribution >= 4 is 35.0 Å². The Morgan fingerprint density at radius 2 is 1.80 bits per heavy atom. The number of anilines is 2. The Kier molecular flexibility index (Phi) is 12.4. The molecule has 1 unspecified atom stereocenters. The van der Waals surface area contributed by atoms with Gasteiger partial charge in [-0.1, -0.05) is 48.9 Å². The fraction of sp³-hybridized carbons (Fsp3) is 0.432. The lowest BCUT2D eigenvalue weighted by Gasteiger charge is -2.37. The number of piperidine rings is 1. The number of nitrogens with one attached hydrogen (secondary N) is 1. The number of para-hydroxylation sites is 1. The molecule has 3 heterocycles. The summed E-state index contributed by atoms with van der Waals surface area (Å²) in [5.41, 5.74) is 8.49. The van der Waals surface area contributed by atoms with E-state index >= 15 is 0 Å². The monoisotopic (exact) mass is 712 g/mol. The predicted molar refractivity (Wildman–Crippen MR) is 191 cm³/mol. The lowest BCUT2D eigenvalue weighted by Crippen LogP contribution is -2.50. The van der Waals surface area contributed by atoms with Crippen LogP contribution in [-0.4, -0.2) is 100 Å². The number of hydrogen-bond donors (Lipinski definition) is 7. The molecular formula is C37H46ClFN4O7. The molecule has 3 aromatic rings. The number of aliphatic hydroxyl groups excluding tert-OH is 4. The minimum atomic E-state index is -1.21. The average Bonchev–Trinajstić information content (AvgIpc) is 3.46. The van der Waals surface area contributed by atoms with E-state index in [0.29, 0.717) is 29.5 Å². The van der Waals surface area contributed by atoms with Crippen molar-refractivity contribution in [2.75, 3.05) is 56.2 Å². The number of β-amino-alcohol motifs (C(OH)–C–C–N with tert-alkyl or cyclic N) is 1. The van der Waals surface area contributed by atoms with Crippen LogP contribution < -0.4 is 20.7 Å². The highest BCUT2D eigenvalue weighted by Crippen LogP contribution is 2.43. The number of halogens is 2. The number of fused-ring (bicyclic) bond motifs is 2. The van der Waals surface area contributed by atoms with Crippen molar-refractivity contribution in [1.29, 1.82) is 0 Å². The molecule has 11 nitrogen and oxygen atoms in total. The number of carboxylic acid groups (broad SMARTS) is 1. The molecule has 0 amide bonds. The van der Waals surface area contributed by atoms with E-state index in [9.17, 15) is 19.4 Å². The zero-order valence-corrected chi connectivity index (χ0v) is 28.8. The van der Waals surface area contributed by atoms with Crippen LogP contribution in [-0.2, 0) is 0 Å². The maximum atomic E-state index is 14.7. The van der Waals surface area contributed by atoms with Crippen molar-refractivity contribution < 1.29 is 39.5 Å². The minimum Gasteiger partial charge on any atom is -0.481 e. The lowest BCUT2D eigenvalue weighted by molar-refractivity contribution is 0.0692. The normalized spacial score (nSPS) is 19.5. The Hall–Kier alpha value is -3.75. The highest BCUT2D eigenvalue weighted by Gasteiger charge is 2.34. The largest absolute Gasteiger partial charge is 0.481 e. The first-order valence-electron chi connectivity index (χ1n) is 16.8. The highest BCUT2D eigenvalue weighted by molar-refractivity contribution is 6.30. The Morgan fingerprint density at radius 3 is 2.42 bits per heavy atom. The molecule has 8 N–H and O–H groups in total. The van der Waals surface area contributed by atoms with Crippen LogP contribution in [0.1, 0.15) is 65.3 Å². The van der Waals surface area contributed by atoms with E-state index in [1.165, 1.54) is 6.07 Å². The third-order valence-electron chi connectivity index (χ3n) is 9.57. The molecule has 0 aromatic heterocycles. The Morgan fingerprint density at radius 1 is 1.08 bits per heavy atom. The topological polar surface area (TPSA) is 172 Å². The summed E-state index contributed by atoms with van der Waals surface area (Å²) >= 11 is 5.96. The van der Waals surface area contributed by atoms with E-state index in [1.54, 1.807) is 24.3 Å². The summed E-state index contributed by atoms with van der Waals surface area (Å²) in [5, 5.41) is 48.8. The lowest BCUT2D eigenvalue weighted by atomic mass is 9.87. The van der Waals surface area contributed by atoms with E-state index in [0.717, 1.165) is 60.7 Å². The Bertz CT molecular complexity index is 1660. The van der Waals surface area contributed by atoms with Gasteiger partial charge in [-0.3, -0.25) is 4.90 Å². The molecule has 1 saturated heterocycles. The van der Waals surface area contributed by atoms with Gasteiger partial charge in [-0.15, -0.1) is 0 Å². The van der Waals surface area contributed by atoms with Crippen molar-refractivity contribution in [2.24, 2.45) is 5.73 Å². The van der Waals surface area contributed by atoms with E-state index in [1.807, 2.05) is 31.2 Å². The first kappa shape index (κ1) is 37.5. The van der Waals surface area contributed by atoms with Gasteiger partial charge in [-0.2, -0.15) is 0 Å². The molecule has 6 rings (SSSR count). The summed E-state index contributed by atoms with van der Waals surface area (Å²) in [7, 11) is 0. The van der Waals surface area contributed by atoms with Crippen LogP contribution >= 0.6 is 11.6 Å². The molecule has 3 aliphatic heterocycles. The second-order valence-electron chi connectivity index (χ2n) is 13.2. The second-order valence-corrected chi connectivity index (χ2v) is 13.6. The van der Waals surface area contributed by atoms with Gasteiger partial charge in [0.2, 0.25) is 0 Å². The van der Waals surface area contributed by atoms with Crippen LogP contribution in [0.4, 0.5) is 15.8 Å². The predicted octanol–water partition coefficient (Wildman–Crippen LogP) is 4.19. The third-order valence-corrected chi connectivity index (χ3v) is 9.81. The molecule has 3 atom stereocenters. The number of aliphatic hydroxyl groups is 4. The van der Waals surface area contributed by atoms with Gasteiger partial charge >= 0.3 is 5.97 Å². The second kappa shape index (κ2) is 16.5. The summed E-state index contributed by atoms with van der Waals surface area (Å²) in [6.45, 7) is 3.74. The van der Waals surface area contributed by atoms with Gasteiger partial charge in [-0.25, -0.2) is 9.18 Å². The zero-order chi connectivity index (χ0) is 36.0. The average molecular weight is 713 g/mol. The van der Waals surface area contributed by atoms with Crippen molar-refractivity contribution in [3.05, 3.63) is 93.8 Å². The summed E-state index contributed by atoms with van der Waals surface area (Å²) in [5.74, 6) is -0.214. The molecule has 0 radical (unpaired) electrons. The van der Waals surface area contributed by atoms with Crippen LogP contribution in [0, 0.1) is 5.82 Å². The number of rotatable bonds is 11. The van der Waals surface area contributed by atoms with Crippen LogP contribution in [0.25, 0.3) is 6.08 Å². The highest BCUT2D eigenvalue weighted by atomic mass is 35.5. The van der Waals surface area contributed by atoms with Crippen molar-refractivity contribution in [1.82, 2.24) is 4.90 Å². The first-order valence-corrected chi connectivity index (χ1v) is 17.2. The number of carboxylic acids is 1. The molecule has 0 bridgehead atoms. The zero-order valence-electron chi connectivity index (χ0n) is 28.0. The molecular weight excluding hydrogens is 667 g/mol. The molecule has 1 fully saturated rings. The molecule has 13 heteroatoms.